The summed E-state index contributed by atoms with van der Waals surface area (Å²) in [6.45, 7) is 1.87. The molecule has 5 nitrogen and oxygen atoms in total. The Hall–Kier alpha value is -2.14. The Labute approximate surface area is 104 Å². The molecule has 0 amide bonds. The van der Waals surface area contributed by atoms with E-state index < -0.39 is 4.92 Å². The van der Waals surface area contributed by atoms with Crippen LogP contribution < -0.4 is 5.73 Å². The molecule has 0 aliphatic heterocycles. The van der Waals surface area contributed by atoms with Crippen molar-refractivity contribution >= 4 is 5.69 Å². The third kappa shape index (κ3) is 2.57. The molecular weight excluding hydrogens is 232 g/mol. The number of hydrogen-bond acceptors (Lipinski definition) is 4. The zero-order chi connectivity index (χ0) is 13.1. The van der Waals surface area contributed by atoms with E-state index in [1.807, 2.05) is 13.0 Å². The zero-order valence-electron chi connectivity index (χ0n) is 10.00. The van der Waals surface area contributed by atoms with Crippen LogP contribution in [0, 0.1) is 17.0 Å². The number of benzene rings is 1. The number of rotatable bonds is 4. The van der Waals surface area contributed by atoms with Crippen molar-refractivity contribution < 1.29 is 9.34 Å². The predicted molar refractivity (Wildman–Crippen MR) is 67.2 cm³/mol. The summed E-state index contributed by atoms with van der Waals surface area (Å²) in [5.41, 5.74) is 8.10. The zero-order valence-corrected chi connectivity index (χ0v) is 10.00. The lowest BCUT2D eigenvalue weighted by molar-refractivity contribution is -0.384. The Morgan fingerprint density at radius 1 is 1.33 bits per heavy atom. The van der Waals surface area contributed by atoms with Gasteiger partial charge in [-0.1, -0.05) is 12.1 Å². The number of aryl methyl sites for hydroxylation is 1. The van der Waals surface area contributed by atoms with Crippen LogP contribution in [0.15, 0.2) is 41.0 Å². The third-order valence-corrected chi connectivity index (χ3v) is 2.90. The van der Waals surface area contributed by atoms with Crippen molar-refractivity contribution in [3.63, 3.8) is 0 Å². The fourth-order valence-corrected chi connectivity index (χ4v) is 1.90. The molecule has 0 radical (unpaired) electrons. The van der Waals surface area contributed by atoms with Gasteiger partial charge in [0.25, 0.3) is 5.69 Å². The van der Waals surface area contributed by atoms with E-state index in [2.05, 4.69) is 0 Å². The summed E-state index contributed by atoms with van der Waals surface area (Å²) in [4.78, 5) is 10.1. The standard InChI is InChI=1S/C13H14N2O3/c1-9-12(6-7-18-9)13(14)8-10-2-4-11(5-3-10)15(16)17/h2-7,13H,8,14H2,1H3. The van der Waals surface area contributed by atoms with Crippen LogP contribution >= 0.6 is 0 Å². The van der Waals surface area contributed by atoms with Crippen LogP contribution in [-0.4, -0.2) is 4.92 Å². The molecular formula is C13H14N2O3. The van der Waals surface area contributed by atoms with E-state index in [0.29, 0.717) is 6.42 Å². The van der Waals surface area contributed by atoms with Crippen molar-refractivity contribution in [3.8, 4) is 0 Å². The van der Waals surface area contributed by atoms with E-state index in [-0.39, 0.29) is 11.7 Å². The van der Waals surface area contributed by atoms with Crippen LogP contribution in [0.1, 0.15) is 22.9 Å². The van der Waals surface area contributed by atoms with Gasteiger partial charge in [0.2, 0.25) is 0 Å². The van der Waals surface area contributed by atoms with Gasteiger partial charge in [0.05, 0.1) is 11.2 Å². The molecule has 1 atom stereocenters. The number of furan rings is 1. The summed E-state index contributed by atoms with van der Waals surface area (Å²) >= 11 is 0. The average Bonchev–Trinajstić information content (AvgIpc) is 2.76. The van der Waals surface area contributed by atoms with Gasteiger partial charge in [-0.25, -0.2) is 0 Å². The molecule has 94 valence electrons. The predicted octanol–water partition coefficient (Wildman–Crippen LogP) is 2.74. The number of non-ortho nitro benzene ring substituents is 1. The minimum Gasteiger partial charge on any atom is -0.469 e. The van der Waals surface area contributed by atoms with Crippen molar-refractivity contribution in [2.45, 2.75) is 19.4 Å². The highest BCUT2D eigenvalue weighted by molar-refractivity contribution is 5.34. The van der Waals surface area contributed by atoms with Crippen LogP contribution in [0.25, 0.3) is 0 Å². The second-order valence-corrected chi connectivity index (χ2v) is 4.17. The van der Waals surface area contributed by atoms with E-state index in [9.17, 15) is 10.1 Å². The molecule has 0 aliphatic rings. The van der Waals surface area contributed by atoms with Gasteiger partial charge >= 0.3 is 0 Å². The van der Waals surface area contributed by atoms with E-state index in [4.69, 9.17) is 10.2 Å². The Kier molecular flexibility index (Phi) is 3.43. The Bertz CT molecular complexity index is 546. The normalized spacial score (nSPS) is 12.3. The number of nitrogens with zero attached hydrogens (tertiary/aromatic N) is 1. The van der Waals surface area contributed by atoms with Crippen LogP contribution in [0.5, 0.6) is 0 Å². The maximum Gasteiger partial charge on any atom is 0.269 e. The molecule has 2 rings (SSSR count). The molecule has 0 fully saturated rings. The molecule has 1 heterocycles. The summed E-state index contributed by atoms with van der Waals surface area (Å²) in [7, 11) is 0. The van der Waals surface area contributed by atoms with Crippen LogP contribution in [0.3, 0.4) is 0 Å². The summed E-state index contributed by atoms with van der Waals surface area (Å²) in [6, 6.07) is 8.13. The van der Waals surface area contributed by atoms with Crippen molar-refractivity contribution in [2.24, 2.45) is 5.73 Å². The lowest BCUT2D eigenvalue weighted by Gasteiger charge is -2.10. The number of nitro groups is 1. The minimum atomic E-state index is -0.413. The Balaban J connectivity index is 2.10. The van der Waals surface area contributed by atoms with Gasteiger partial charge in [0.15, 0.2) is 0 Å². The molecule has 0 saturated carbocycles. The van der Waals surface area contributed by atoms with Crippen LogP contribution in [0.4, 0.5) is 5.69 Å². The second-order valence-electron chi connectivity index (χ2n) is 4.17. The maximum atomic E-state index is 10.5. The monoisotopic (exact) mass is 246 g/mol. The van der Waals surface area contributed by atoms with Gasteiger partial charge in [-0.15, -0.1) is 0 Å². The van der Waals surface area contributed by atoms with Gasteiger partial charge in [-0.05, 0) is 25.0 Å². The minimum absolute atomic E-state index is 0.0896. The third-order valence-electron chi connectivity index (χ3n) is 2.90. The molecule has 0 bridgehead atoms. The maximum absolute atomic E-state index is 10.5. The quantitative estimate of drug-likeness (QED) is 0.664. The highest BCUT2D eigenvalue weighted by atomic mass is 16.6. The van der Waals surface area contributed by atoms with E-state index in [1.165, 1.54) is 12.1 Å². The summed E-state index contributed by atoms with van der Waals surface area (Å²) in [6.07, 6.45) is 2.23. The number of hydrogen-bond donors (Lipinski definition) is 1. The molecule has 0 spiro atoms. The Morgan fingerprint density at radius 2 is 2.00 bits per heavy atom. The van der Waals surface area contributed by atoms with Gasteiger partial charge in [0, 0.05) is 23.7 Å². The lowest BCUT2D eigenvalue weighted by Crippen LogP contribution is -2.13. The van der Waals surface area contributed by atoms with E-state index in [0.717, 1.165) is 16.9 Å². The van der Waals surface area contributed by atoms with Crippen LogP contribution in [-0.2, 0) is 6.42 Å². The summed E-state index contributed by atoms with van der Waals surface area (Å²) < 4.78 is 5.20. The molecule has 1 aromatic carbocycles. The van der Waals surface area contributed by atoms with Gasteiger partial charge in [-0.3, -0.25) is 10.1 Å². The highest BCUT2D eigenvalue weighted by Gasteiger charge is 2.12. The fraction of sp³-hybridized carbons (Fsp3) is 0.231. The fourth-order valence-electron chi connectivity index (χ4n) is 1.90. The Morgan fingerprint density at radius 3 is 2.50 bits per heavy atom. The lowest BCUT2D eigenvalue weighted by atomic mass is 10.0. The van der Waals surface area contributed by atoms with Crippen LogP contribution in [0.2, 0.25) is 0 Å². The highest BCUT2D eigenvalue weighted by Crippen LogP contribution is 2.21. The number of nitrogens with two attached hydrogens (primary N) is 1. The molecule has 18 heavy (non-hydrogen) atoms. The van der Waals surface area contributed by atoms with Gasteiger partial charge in [0.1, 0.15) is 5.76 Å². The second kappa shape index (κ2) is 5.01. The molecule has 1 aromatic heterocycles. The van der Waals surface area contributed by atoms with Crippen molar-refractivity contribution in [1.82, 2.24) is 0 Å². The average molecular weight is 246 g/mol. The van der Waals surface area contributed by atoms with Crippen molar-refractivity contribution in [3.05, 3.63) is 63.6 Å². The van der Waals surface area contributed by atoms with E-state index >= 15 is 0 Å². The molecule has 5 heteroatoms. The first-order chi connectivity index (χ1) is 8.58. The SMILES string of the molecule is Cc1occc1C(N)Cc1ccc([N+](=O)[O-])cc1. The first-order valence-electron chi connectivity index (χ1n) is 5.61. The van der Waals surface area contributed by atoms with E-state index in [1.54, 1.807) is 18.4 Å². The molecule has 2 aromatic rings. The number of nitro benzene ring substituents is 1. The molecule has 0 aliphatic carbocycles. The van der Waals surface area contributed by atoms with Gasteiger partial charge < -0.3 is 10.2 Å². The first-order valence-corrected chi connectivity index (χ1v) is 5.61. The largest absolute Gasteiger partial charge is 0.469 e. The van der Waals surface area contributed by atoms with Gasteiger partial charge in [-0.2, -0.15) is 0 Å². The summed E-state index contributed by atoms with van der Waals surface area (Å²) in [5, 5.41) is 10.5. The van der Waals surface area contributed by atoms with Crippen molar-refractivity contribution in [2.75, 3.05) is 0 Å². The van der Waals surface area contributed by atoms with Crippen molar-refractivity contribution in [1.29, 1.82) is 0 Å². The molecule has 1 unspecified atom stereocenters. The first kappa shape index (κ1) is 12.3. The smallest absolute Gasteiger partial charge is 0.269 e. The molecule has 0 saturated heterocycles. The summed E-state index contributed by atoms with van der Waals surface area (Å²) in [5.74, 6) is 0.810. The topological polar surface area (TPSA) is 82.3 Å². The molecule has 2 N–H and O–H groups in total.